The van der Waals surface area contributed by atoms with Crippen molar-refractivity contribution < 1.29 is 0 Å². The fourth-order valence-electron chi connectivity index (χ4n) is 3.42. The third-order valence-electron chi connectivity index (χ3n) is 4.99. The molecule has 0 aliphatic rings. The van der Waals surface area contributed by atoms with Gasteiger partial charge in [0, 0.05) is 52.6 Å². The van der Waals surface area contributed by atoms with Crippen LogP contribution in [0.5, 0.6) is 0 Å². The summed E-state index contributed by atoms with van der Waals surface area (Å²) >= 11 is 0. The molecule has 5 aromatic rings. The quantitative estimate of drug-likeness (QED) is 0.515. The summed E-state index contributed by atoms with van der Waals surface area (Å²) in [7, 11) is 1.97. The Balaban J connectivity index is 1.73. The van der Waals surface area contributed by atoms with Gasteiger partial charge in [-0.15, -0.1) is 0 Å². The van der Waals surface area contributed by atoms with Crippen molar-refractivity contribution in [1.29, 1.82) is 0 Å². The van der Waals surface area contributed by atoms with Crippen molar-refractivity contribution in [3.8, 4) is 22.4 Å². The van der Waals surface area contributed by atoms with Gasteiger partial charge in [-0.1, -0.05) is 6.07 Å². The maximum absolute atomic E-state index is 4.59. The maximum atomic E-state index is 4.59. The molecule has 0 amide bonds. The molecule has 126 valence electrons. The molecule has 0 atom stereocenters. The van der Waals surface area contributed by atoms with Crippen LogP contribution in [-0.2, 0) is 7.05 Å². The number of hydrogen-bond donors (Lipinski definition) is 1. The van der Waals surface area contributed by atoms with E-state index in [1.165, 1.54) is 10.9 Å². The maximum Gasteiger partial charge on any atom is 0.0725 e. The second-order valence-electron chi connectivity index (χ2n) is 6.51. The predicted octanol–water partition coefficient (Wildman–Crippen LogP) is 4.49. The SMILES string of the molecule is Cc1c(-c2ccc3[nH]c4cnc(-c5cccnc5)cc4c3c2)cnn1C. The molecule has 0 aliphatic carbocycles. The Kier molecular flexibility index (Phi) is 3.15. The number of aromatic nitrogens is 5. The van der Waals surface area contributed by atoms with E-state index < -0.39 is 0 Å². The van der Waals surface area contributed by atoms with Gasteiger partial charge in [-0.2, -0.15) is 5.10 Å². The van der Waals surface area contributed by atoms with E-state index in [0.29, 0.717) is 0 Å². The average molecular weight is 339 g/mol. The highest BCUT2D eigenvalue weighted by Gasteiger charge is 2.11. The second-order valence-corrected chi connectivity index (χ2v) is 6.51. The molecule has 5 nitrogen and oxygen atoms in total. The van der Waals surface area contributed by atoms with Crippen molar-refractivity contribution in [2.45, 2.75) is 6.92 Å². The van der Waals surface area contributed by atoms with Gasteiger partial charge in [0.05, 0.1) is 23.6 Å². The fourth-order valence-corrected chi connectivity index (χ4v) is 3.42. The minimum Gasteiger partial charge on any atom is -0.353 e. The standard InChI is InChI=1S/C21H17N5/c1-13-18(11-24-26(13)2)14-5-6-19-16(8-14)17-9-20(23-12-21(17)25-19)15-4-3-7-22-10-15/h3-12,25H,1-2H3. The van der Waals surface area contributed by atoms with Crippen molar-refractivity contribution in [3.63, 3.8) is 0 Å². The summed E-state index contributed by atoms with van der Waals surface area (Å²) in [5.41, 5.74) is 7.57. The number of rotatable bonds is 2. The fraction of sp³-hybridized carbons (Fsp3) is 0.0952. The smallest absolute Gasteiger partial charge is 0.0725 e. The van der Waals surface area contributed by atoms with E-state index in [9.17, 15) is 0 Å². The molecule has 0 saturated heterocycles. The monoisotopic (exact) mass is 339 g/mol. The summed E-state index contributed by atoms with van der Waals surface area (Å²) in [5.74, 6) is 0. The van der Waals surface area contributed by atoms with Gasteiger partial charge in [-0.25, -0.2) is 0 Å². The number of aryl methyl sites for hydroxylation is 1. The lowest BCUT2D eigenvalue weighted by atomic mass is 10.0. The molecule has 0 radical (unpaired) electrons. The zero-order valence-corrected chi connectivity index (χ0v) is 14.6. The first-order valence-electron chi connectivity index (χ1n) is 8.51. The van der Waals surface area contributed by atoms with Gasteiger partial charge in [0.15, 0.2) is 0 Å². The lowest BCUT2D eigenvalue weighted by molar-refractivity contribution is 0.740. The topological polar surface area (TPSA) is 59.4 Å². The van der Waals surface area contributed by atoms with Crippen LogP contribution < -0.4 is 0 Å². The Hall–Kier alpha value is -3.47. The van der Waals surface area contributed by atoms with Crippen LogP contribution in [0.2, 0.25) is 0 Å². The summed E-state index contributed by atoms with van der Waals surface area (Å²) in [6.45, 7) is 2.09. The first-order valence-corrected chi connectivity index (χ1v) is 8.51. The summed E-state index contributed by atoms with van der Waals surface area (Å²) in [6, 6.07) is 12.6. The van der Waals surface area contributed by atoms with Gasteiger partial charge in [0.25, 0.3) is 0 Å². The number of benzene rings is 1. The highest BCUT2D eigenvalue weighted by Crippen LogP contribution is 2.32. The van der Waals surface area contributed by atoms with E-state index in [1.54, 1.807) is 6.20 Å². The van der Waals surface area contributed by atoms with Crippen molar-refractivity contribution in [1.82, 2.24) is 24.7 Å². The number of aromatic amines is 1. The number of fused-ring (bicyclic) bond motifs is 3. The van der Waals surface area contributed by atoms with Crippen LogP contribution in [0.4, 0.5) is 0 Å². The summed E-state index contributed by atoms with van der Waals surface area (Å²) < 4.78 is 1.90. The Morgan fingerprint density at radius 1 is 0.923 bits per heavy atom. The summed E-state index contributed by atoms with van der Waals surface area (Å²) in [5, 5.41) is 6.72. The third kappa shape index (κ3) is 2.21. The van der Waals surface area contributed by atoms with E-state index in [4.69, 9.17) is 0 Å². The van der Waals surface area contributed by atoms with Crippen LogP contribution >= 0.6 is 0 Å². The van der Waals surface area contributed by atoms with Crippen molar-refractivity contribution in [3.05, 3.63) is 66.9 Å². The van der Waals surface area contributed by atoms with Crippen molar-refractivity contribution in [2.24, 2.45) is 7.05 Å². The minimum atomic E-state index is 0.925. The molecule has 0 unspecified atom stereocenters. The van der Waals surface area contributed by atoms with Gasteiger partial charge in [0.1, 0.15) is 0 Å². The average Bonchev–Trinajstić information content (AvgIpc) is 3.21. The number of H-pyrrole nitrogens is 1. The van der Waals surface area contributed by atoms with E-state index >= 15 is 0 Å². The van der Waals surface area contributed by atoms with E-state index in [1.807, 2.05) is 42.5 Å². The Labute approximate surface area is 150 Å². The lowest BCUT2D eigenvalue weighted by Gasteiger charge is -2.03. The molecular formula is C21H17N5. The summed E-state index contributed by atoms with van der Waals surface area (Å²) in [4.78, 5) is 12.2. The molecule has 0 saturated carbocycles. The van der Waals surface area contributed by atoms with Gasteiger partial charge in [-0.3, -0.25) is 14.6 Å². The molecule has 0 fully saturated rings. The Morgan fingerprint density at radius 2 is 1.81 bits per heavy atom. The van der Waals surface area contributed by atoms with E-state index in [0.717, 1.165) is 38.9 Å². The van der Waals surface area contributed by atoms with Crippen LogP contribution in [-0.4, -0.2) is 24.7 Å². The van der Waals surface area contributed by atoms with Gasteiger partial charge in [-0.05, 0) is 42.8 Å². The molecule has 1 N–H and O–H groups in total. The summed E-state index contributed by atoms with van der Waals surface area (Å²) in [6.07, 6.45) is 7.43. The van der Waals surface area contributed by atoms with Gasteiger partial charge < -0.3 is 4.98 Å². The highest BCUT2D eigenvalue weighted by atomic mass is 15.3. The first-order chi connectivity index (χ1) is 12.7. The lowest BCUT2D eigenvalue weighted by Crippen LogP contribution is -1.92. The normalized spacial score (nSPS) is 11.5. The molecule has 5 heteroatoms. The second kappa shape index (κ2) is 5.52. The molecule has 0 spiro atoms. The van der Waals surface area contributed by atoms with Crippen LogP contribution in [0.15, 0.2) is 61.2 Å². The molecule has 1 aromatic carbocycles. The minimum absolute atomic E-state index is 0.925. The molecule has 0 bridgehead atoms. The van der Waals surface area contributed by atoms with Crippen LogP contribution in [0, 0.1) is 6.92 Å². The molecule has 5 rings (SSSR count). The molecule has 26 heavy (non-hydrogen) atoms. The van der Waals surface area contributed by atoms with Crippen LogP contribution in [0.1, 0.15) is 5.69 Å². The molecule has 0 aliphatic heterocycles. The molecular weight excluding hydrogens is 322 g/mol. The zero-order chi connectivity index (χ0) is 17.7. The number of nitrogens with zero attached hydrogens (tertiary/aromatic N) is 4. The van der Waals surface area contributed by atoms with E-state index in [2.05, 4.69) is 51.2 Å². The molecule has 4 aromatic heterocycles. The van der Waals surface area contributed by atoms with Gasteiger partial charge in [0.2, 0.25) is 0 Å². The Morgan fingerprint density at radius 3 is 2.58 bits per heavy atom. The highest BCUT2D eigenvalue weighted by molar-refractivity contribution is 6.09. The van der Waals surface area contributed by atoms with Crippen LogP contribution in [0.3, 0.4) is 0 Å². The molecule has 4 heterocycles. The number of nitrogens with one attached hydrogen (secondary N) is 1. The third-order valence-corrected chi connectivity index (χ3v) is 4.99. The Bertz CT molecular complexity index is 1250. The first kappa shape index (κ1) is 14.8. The van der Waals surface area contributed by atoms with E-state index in [-0.39, 0.29) is 0 Å². The predicted molar refractivity (Wildman–Crippen MR) is 104 cm³/mol. The zero-order valence-electron chi connectivity index (χ0n) is 14.6. The van der Waals surface area contributed by atoms with Crippen molar-refractivity contribution in [2.75, 3.05) is 0 Å². The van der Waals surface area contributed by atoms with Crippen LogP contribution in [0.25, 0.3) is 44.2 Å². The van der Waals surface area contributed by atoms with Gasteiger partial charge >= 0.3 is 0 Å². The largest absolute Gasteiger partial charge is 0.353 e. The van der Waals surface area contributed by atoms with Crippen molar-refractivity contribution >= 4 is 21.8 Å². The number of hydrogen-bond acceptors (Lipinski definition) is 3. The number of pyridine rings is 2.